The van der Waals surface area contributed by atoms with E-state index in [0.29, 0.717) is 5.69 Å². The highest BCUT2D eigenvalue weighted by Crippen LogP contribution is 2.28. The number of aromatic amines is 1. The van der Waals surface area contributed by atoms with E-state index in [0.717, 1.165) is 32.6 Å². The number of nitrogens with zero attached hydrogens (tertiary/aromatic N) is 1. The van der Waals surface area contributed by atoms with Crippen molar-refractivity contribution in [1.29, 1.82) is 0 Å². The maximum atomic E-state index is 10.1. The zero-order valence-corrected chi connectivity index (χ0v) is 11.1. The number of aromatic nitrogens is 1. The summed E-state index contributed by atoms with van der Waals surface area (Å²) in [5.74, 6) is 0.137. The fraction of sp³-hybridized carbons (Fsp3) is 0. The van der Waals surface area contributed by atoms with E-state index >= 15 is 0 Å². The summed E-state index contributed by atoms with van der Waals surface area (Å²) in [4.78, 5) is 2.94. The second kappa shape index (κ2) is 4.21. The summed E-state index contributed by atoms with van der Waals surface area (Å²) >= 11 is 0. The number of azo groups is 1. The number of hydrogen-bond donors (Lipinski definition) is 4. The van der Waals surface area contributed by atoms with Crippen LogP contribution in [-0.2, 0) is 0 Å². The highest BCUT2D eigenvalue weighted by molar-refractivity contribution is 5.93. The van der Waals surface area contributed by atoms with Crippen LogP contribution >= 0.6 is 0 Å². The van der Waals surface area contributed by atoms with E-state index in [1.54, 1.807) is 0 Å². The molecule has 0 spiro atoms. The molecule has 4 rings (SSSR count). The lowest BCUT2D eigenvalue weighted by Gasteiger charge is -1.95. The Kier molecular flexibility index (Phi) is 2.35. The van der Waals surface area contributed by atoms with Crippen LogP contribution in [0.25, 0.3) is 23.2 Å². The van der Waals surface area contributed by atoms with Gasteiger partial charge in [0.1, 0.15) is 5.69 Å². The van der Waals surface area contributed by atoms with Gasteiger partial charge < -0.3 is 15.8 Å². The van der Waals surface area contributed by atoms with Gasteiger partial charge in [-0.3, -0.25) is 0 Å². The molecule has 2 heterocycles. The summed E-state index contributed by atoms with van der Waals surface area (Å²) in [6.07, 6.45) is 3.78. The van der Waals surface area contributed by atoms with Gasteiger partial charge in [-0.25, -0.2) is 0 Å². The molecule has 0 radical (unpaired) electrons. The molecule has 0 amide bonds. The fourth-order valence-corrected chi connectivity index (χ4v) is 2.58. The molecule has 0 fully saturated rings. The zero-order chi connectivity index (χ0) is 14.4. The van der Waals surface area contributed by atoms with Crippen molar-refractivity contribution in [1.82, 2.24) is 4.98 Å². The highest BCUT2D eigenvalue weighted by atomic mass is 16.3. The normalized spacial score (nSPS) is 13.6. The minimum Gasteiger partial charge on any atom is -0.494 e. The van der Waals surface area contributed by atoms with Gasteiger partial charge in [0.25, 0.3) is 0 Å². The van der Waals surface area contributed by atoms with Crippen LogP contribution in [0.1, 0.15) is 5.56 Å². The first-order valence-corrected chi connectivity index (χ1v) is 6.59. The van der Waals surface area contributed by atoms with E-state index < -0.39 is 0 Å². The van der Waals surface area contributed by atoms with Gasteiger partial charge >= 0.3 is 0 Å². The average molecular weight is 277 g/mol. The van der Waals surface area contributed by atoms with Crippen LogP contribution in [0, 0.1) is 0 Å². The molecule has 0 saturated heterocycles. The number of hydrogen-bond acceptors (Lipinski definition) is 3. The van der Waals surface area contributed by atoms with Gasteiger partial charge in [0.2, 0.25) is 6.20 Å². The predicted molar refractivity (Wildman–Crippen MR) is 81.2 cm³/mol. The molecule has 2 aromatic carbocycles. The predicted octanol–water partition coefficient (Wildman–Crippen LogP) is 0.200. The molecule has 5 heteroatoms. The molecule has 1 aromatic heterocycles. The molecule has 1 aliphatic heterocycles. The van der Waals surface area contributed by atoms with Gasteiger partial charge in [0.05, 0.1) is 10.7 Å². The number of fused-ring (bicyclic) bond motifs is 2. The lowest BCUT2D eigenvalue weighted by Crippen LogP contribution is -2.54. The van der Waals surface area contributed by atoms with Crippen LogP contribution in [0.3, 0.4) is 0 Å². The third kappa shape index (κ3) is 1.87. The van der Waals surface area contributed by atoms with Crippen LogP contribution in [0.15, 0.2) is 41.5 Å². The summed E-state index contributed by atoms with van der Waals surface area (Å²) in [7, 11) is 0. The molecule has 0 atom stereocenters. The third-order valence-electron chi connectivity index (χ3n) is 3.61. The van der Waals surface area contributed by atoms with Crippen molar-refractivity contribution >= 4 is 34.6 Å². The molecule has 102 valence electrons. The minimum atomic E-state index is 0.137. The van der Waals surface area contributed by atoms with Crippen molar-refractivity contribution in [2.24, 2.45) is 5.11 Å². The van der Waals surface area contributed by atoms with E-state index in [9.17, 15) is 5.11 Å². The van der Waals surface area contributed by atoms with Crippen LogP contribution in [0.5, 0.6) is 5.88 Å². The van der Waals surface area contributed by atoms with E-state index in [-0.39, 0.29) is 5.88 Å². The Morgan fingerprint density at radius 3 is 3.00 bits per heavy atom. The molecular formula is C16H13N4O+. The SMILES string of the molecule is Nc1ccc2c(/C=c3\ccc4c(c3)N=[NH+]C=4)c(O)[nH]c2c1. The molecule has 5 nitrogen and oxygen atoms in total. The van der Waals surface area contributed by atoms with Gasteiger partial charge in [-0.2, -0.15) is 0 Å². The van der Waals surface area contributed by atoms with Crippen LogP contribution in [0.2, 0.25) is 0 Å². The van der Waals surface area contributed by atoms with Crippen molar-refractivity contribution in [2.45, 2.75) is 0 Å². The van der Waals surface area contributed by atoms with Gasteiger partial charge in [-0.1, -0.05) is 12.1 Å². The monoisotopic (exact) mass is 277 g/mol. The highest BCUT2D eigenvalue weighted by Gasteiger charge is 2.09. The van der Waals surface area contributed by atoms with Crippen LogP contribution in [-0.4, -0.2) is 10.1 Å². The molecule has 0 aliphatic carbocycles. The average Bonchev–Trinajstić information content (AvgIpc) is 3.03. The van der Waals surface area contributed by atoms with E-state index in [1.807, 2.05) is 48.7 Å². The van der Waals surface area contributed by atoms with Crippen LogP contribution in [0.4, 0.5) is 11.4 Å². The largest absolute Gasteiger partial charge is 0.494 e. The first kappa shape index (κ1) is 11.7. The summed E-state index contributed by atoms with van der Waals surface area (Å²) in [6.45, 7) is 0. The second-order valence-electron chi connectivity index (χ2n) is 5.04. The Morgan fingerprint density at radius 1 is 1.19 bits per heavy atom. The Morgan fingerprint density at radius 2 is 2.10 bits per heavy atom. The molecule has 3 aromatic rings. The van der Waals surface area contributed by atoms with Gasteiger partial charge in [-0.05, 0) is 40.7 Å². The van der Waals surface area contributed by atoms with Crippen molar-refractivity contribution in [3.63, 3.8) is 0 Å². The Bertz CT molecular complexity index is 1010. The number of rotatable bonds is 1. The van der Waals surface area contributed by atoms with Gasteiger partial charge in [0, 0.05) is 16.6 Å². The zero-order valence-electron chi connectivity index (χ0n) is 11.1. The molecule has 0 saturated carbocycles. The molecule has 5 N–H and O–H groups in total. The van der Waals surface area contributed by atoms with Crippen LogP contribution < -0.4 is 21.3 Å². The van der Waals surface area contributed by atoms with Crippen molar-refractivity contribution < 1.29 is 10.2 Å². The standard InChI is InChI=1S/C16H12N4O/c17-11-3-4-12-13(16(21)19-15(12)7-11)5-9-1-2-10-8-18-20-14(10)6-9/h1-8,19,21H,17H2/p+1/b9-5+. The van der Waals surface area contributed by atoms with E-state index in [1.165, 1.54) is 0 Å². The van der Waals surface area contributed by atoms with Gasteiger partial charge in [-0.15, -0.1) is 5.11 Å². The number of H-pyrrole nitrogens is 1. The smallest absolute Gasteiger partial charge is 0.203 e. The summed E-state index contributed by atoms with van der Waals surface area (Å²) < 4.78 is 0. The quantitative estimate of drug-likeness (QED) is 0.479. The summed E-state index contributed by atoms with van der Waals surface area (Å²) in [5.41, 5.74) is 8.89. The van der Waals surface area contributed by atoms with Crippen molar-refractivity contribution in [2.75, 3.05) is 5.73 Å². The second-order valence-corrected chi connectivity index (χ2v) is 5.04. The maximum Gasteiger partial charge on any atom is 0.203 e. The summed E-state index contributed by atoms with van der Waals surface area (Å²) in [6, 6.07) is 11.5. The maximum absolute atomic E-state index is 10.1. The molecule has 0 bridgehead atoms. The molecule has 1 aliphatic rings. The number of aromatic hydroxyl groups is 1. The topological polar surface area (TPSA) is 88.4 Å². The number of nitrogens with two attached hydrogens (primary N) is 1. The molecular weight excluding hydrogens is 264 g/mol. The fourth-order valence-electron chi connectivity index (χ4n) is 2.58. The van der Waals surface area contributed by atoms with E-state index in [4.69, 9.17) is 5.73 Å². The Balaban J connectivity index is 1.95. The number of benzene rings is 2. The van der Waals surface area contributed by atoms with Crippen molar-refractivity contribution in [3.8, 4) is 5.88 Å². The first-order chi connectivity index (χ1) is 10.2. The van der Waals surface area contributed by atoms with Gasteiger partial charge in [0.15, 0.2) is 5.88 Å². The lowest BCUT2D eigenvalue weighted by atomic mass is 10.1. The summed E-state index contributed by atoms with van der Waals surface area (Å²) in [5, 5.41) is 20.1. The van der Waals surface area contributed by atoms with Crippen molar-refractivity contribution in [3.05, 3.63) is 52.4 Å². The Hall–Kier alpha value is -3.08. The molecule has 0 unspecified atom stereocenters. The first-order valence-electron chi connectivity index (χ1n) is 6.59. The van der Waals surface area contributed by atoms with E-state index in [2.05, 4.69) is 15.2 Å². The minimum absolute atomic E-state index is 0.137. The third-order valence-corrected chi connectivity index (χ3v) is 3.61. The number of nitrogen functional groups attached to an aromatic ring is 1. The number of nitrogens with one attached hydrogen (secondary N) is 2. The Labute approximate surface area is 119 Å². The lowest BCUT2D eigenvalue weighted by molar-refractivity contribution is -0.407. The molecule has 21 heavy (non-hydrogen) atoms. The number of anilines is 1.